The largest absolute Gasteiger partial charge is 0.342 e. The number of piperazine rings is 1. The van der Waals surface area contributed by atoms with E-state index in [9.17, 15) is 14.4 Å². The average Bonchev–Trinajstić information content (AvgIpc) is 3.37. The van der Waals surface area contributed by atoms with E-state index in [1.165, 1.54) is 11.1 Å². The summed E-state index contributed by atoms with van der Waals surface area (Å²) in [7, 11) is 1.79. The molecule has 2 N–H and O–H groups in total. The zero-order valence-electron chi connectivity index (χ0n) is 32.6. The summed E-state index contributed by atoms with van der Waals surface area (Å²) in [5.74, 6) is 0.349. The van der Waals surface area contributed by atoms with Gasteiger partial charge in [0.25, 0.3) is 0 Å². The Balaban J connectivity index is 0.000000235. The number of urea groups is 2. The summed E-state index contributed by atoms with van der Waals surface area (Å²) in [6, 6.07) is 31.5. The van der Waals surface area contributed by atoms with E-state index in [2.05, 4.69) is 58.7 Å². The number of anilines is 2. The quantitative estimate of drug-likeness (QED) is 0.191. The summed E-state index contributed by atoms with van der Waals surface area (Å²) in [4.78, 5) is 51.8. The number of hydrogen-bond acceptors (Lipinski definition) is 5. The molecule has 2 saturated heterocycles. The van der Waals surface area contributed by atoms with Gasteiger partial charge in [0.1, 0.15) is 6.04 Å². The number of piperidine rings is 1. The van der Waals surface area contributed by atoms with Gasteiger partial charge >= 0.3 is 12.1 Å². The third kappa shape index (κ3) is 8.70. The number of rotatable bonds is 4. The fourth-order valence-corrected chi connectivity index (χ4v) is 7.54. The molecule has 5 amide bonds. The van der Waals surface area contributed by atoms with Crippen molar-refractivity contribution in [1.29, 1.82) is 0 Å². The first-order valence-corrected chi connectivity index (χ1v) is 19.2. The van der Waals surface area contributed by atoms with Gasteiger partial charge in [-0.1, -0.05) is 69.3 Å². The van der Waals surface area contributed by atoms with E-state index in [0.29, 0.717) is 18.2 Å². The molecule has 3 atom stereocenters. The van der Waals surface area contributed by atoms with Gasteiger partial charge < -0.3 is 25.3 Å². The van der Waals surface area contributed by atoms with Crippen molar-refractivity contribution in [2.45, 2.75) is 65.5 Å². The molecule has 10 nitrogen and oxygen atoms in total. The Labute approximate surface area is 327 Å². The number of fused-ring (bicyclic) bond motifs is 3. The van der Waals surface area contributed by atoms with Crippen LogP contribution in [0.3, 0.4) is 0 Å². The molecular weight excluding hydrogens is 687 g/mol. The number of aromatic nitrogens is 2. The van der Waals surface area contributed by atoms with E-state index in [4.69, 9.17) is 0 Å². The maximum atomic E-state index is 12.9. The maximum absolute atomic E-state index is 12.9. The highest BCUT2D eigenvalue weighted by molar-refractivity contribution is 5.97. The van der Waals surface area contributed by atoms with Gasteiger partial charge in [-0.3, -0.25) is 14.8 Å². The number of likely N-dealkylation sites (N-methyl/N-ethyl adjacent to an activating group) is 1. The predicted octanol–water partition coefficient (Wildman–Crippen LogP) is 9.27. The molecule has 2 aromatic heterocycles. The molecule has 0 aliphatic carbocycles. The minimum atomic E-state index is -0.315. The minimum absolute atomic E-state index is 0. The monoisotopic (exact) mass is 741 g/mol. The topological polar surface area (TPSA) is 111 Å². The summed E-state index contributed by atoms with van der Waals surface area (Å²) in [6.45, 7) is 12.3. The lowest BCUT2D eigenvalue weighted by molar-refractivity contribution is -0.151. The third-order valence-corrected chi connectivity index (χ3v) is 10.5. The van der Waals surface area contributed by atoms with E-state index in [-0.39, 0.29) is 32.9 Å². The van der Waals surface area contributed by atoms with Gasteiger partial charge in [0.05, 0.1) is 17.4 Å². The fourth-order valence-electron chi connectivity index (χ4n) is 7.54. The van der Waals surface area contributed by atoms with Crippen molar-refractivity contribution in [1.82, 2.24) is 24.7 Å². The number of benzene rings is 3. The van der Waals surface area contributed by atoms with Crippen molar-refractivity contribution in [3.63, 3.8) is 0 Å². The van der Waals surface area contributed by atoms with E-state index in [1.54, 1.807) is 29.2 Å². The smallest absolute Gasteiger partial charge is 0.322 e. The standard InChI is InChI=1S/C24H25N3O.C19H20N4O2.C2H6.2H2/c1-17-10-11-20(15-22(17)23-9-5-6-13-25-23)26-24(28)27-14-12-19-7-3-4-8-21(19)18(2)16-27;1-12-6-7-13(9-15(12)16-5-3-4-8-20-16)21-19(25)23-14-10-17(23)18(24)22(2)11-14;1-2;;/h3-11,13,15,18H,12,14,16H2,1-2H3,(H,26,28);3-9,14,17H,10-11H2,1-2H3,(H,21,25);1-2H3;2*1H/t18-;;;;/m0..../s1. The van der Waals surface area contributed by atoms with E-state index < -0.39 is 0 Å². The van der Waals surface area contributed by atoms with Gasteiger partial charge in [-0.2, -0.15) is 0 Å². The number of amides is 5. The molecule has 10 heteroatoms. The fraction of sp³-hybridized carbons (Fsp3) is 0.311. The van der Waals surface area contributed by atoms with Crippen LogP contribution in [0.1, 0.15) is 58.2 Å². The molecule has 0 radical (unpaired) electrons. The number of carbonyl (C=O) groups is 3. The lowest BCUT2D eigenvalue weighted by Gasteiger charge is -2.54. The SMILES string of the molecule is CC.Cc1ccc(NC(=O)N2C3CC2C(=O)N(C)C3)cc1-c1ccccn1.Cc1ccc(NC(=O)N2CCc3ccccc3[C@@H](C)C2)cc1-c1ccccn1.[HH].[HH]. The Morgan fingerprint density at radius 2 is 1.31 bits per heavy atom. The van der Waals surface area contributed by atoms with Crippen LogP contribution in [0.15, 0.2) is 109 Å². The molecule has 3 aliphatic heterocycles. The van der Waals surface area contributed by atoms with E-state index >= 15 is 0 Å². The highest BCUT2D eigenvalue weighted by atomic mass is 16.2. The zero-order valence-corrected chi connectivity index (χ0v) is 32.6. The van der Waals surface area contributed by atoms with Gasteiger partial charge in [0.2, 0.25) is 5.91 Å². The second kappa shape index (κ2) is 17.4. The molecule has 288 valence electrons. The molecule has 5 aromatic rings. The van der Waals surface area contributed by atoms with Gasteiger partial charge in [0.15, 0.2) is 0 Å². The van der Waals surface area contributed by atoms with E-state index in [1.807, 2.05) is 98.5 Å². The summed E-state index contributed by atoms with van der Waals surface area (Å²) >= 11 is 0. The number of likely N-dealkylation sites (tertiary alicyclic amines) is 2. The van der Waals surface area contributed by atoms with Crippen LogP contribution in [0.4, 0.5) is 21.0 Å². The molecule has 0 spiro atoms. The summed E-state index contributed by atoms with van der Waals surface area (Å²) in [5.41, 5.74) is 10.2. The molecule has 3 aliphatic rings. The van der Waals surface area contributed by atoms with Crippen molar-refractivity contribution >= 4 is 29.3 Å². The van der Waals surface area contributed by atoms with Gasteiger partial charge in [0, 0.05) is 64.4 Å². The normalized spacial score (nSPS) is 18.3. The molecule has 2 unspecified atom stereocenters. The Bertz CT molecular complexity index is 2140. The molecule has 55 heavy (non-hydrogen) atoms. The molecule has 2 fully saturated rings. The molecule has 0 saturated carbocycles. The number of pyridine rings is 2. The van der Waals surface area contributed by atoms with Crippen molar-refractivity contribution in [3.05, 3.63) is 132 Å². The average molecular weight is 742 g/mol. The van der Waals surface area contributed by atoms with Gasteiger partial charge in [-0.25, -0.2) is 9.59 Å². The molecular formula is C45H55N7O3. The molecule has 5 heterocycles. The summed E-state index contributed by atoms with van der Waals surface area (Å²) in [6.07, 6.45) is 5.20. The number of carbonyl (C=O) groups excluding carboxylic acids is 3. The predicted molar refractivity (Wildman–Crippen MR) is 224 cm³/mol. The summed E-state index contributed by atoms with van der Waals surface area (Å²) in [5, 5.41) is 6.02. The second-order valence-electron chi connectivity index (χ2n) is 14.2. The lowest BCUT2D eigenvalue weighted by Crippen LogP contribution is -2.72. The number of nitrogens with one attached hydrogen (secondary N) is 2. The minimum Gasteiger partial charge on any atom is -0.342 e. The van der Waals surface area contributed by atoms with Crippen LogP contribution in [0.25, 0.3) is 22.5 Å². The molecule has 8 rings (SSSR count). The third-order valence-electron chi connectivity index (χ3n) is 10.5. The van der Waals surface area contributed by atoms with Gasteiger partial charge in [-0.05, 0) is 103 Å². The van der Waals surface area contributed by atoms with Gasteiger partial charge in [-0.15, -0.1) is 0 Å². The van der Waals surface area contributed by atoms with Crippen LogP contribution in [-0.4, -0.2) is 81.4 Å². The maximum Gasteiger partial charge on any atom is 0.322 e. The highest BCUT2D eigenvalue weighted by Crippen LogP contribution is 2.34. The van der Waals surface area contributed by atoms with Crippen LogP contribution in [0.2, 0.25) is 0 Å². The Kier molecular flexibility index (Phi) is 12.2. The van der Waals surface area contributed by atoms with Crippen LogP contribution >= 0.6 is 0 Å². The summed E-state index contributed by atoms with van der Waals surface area (Å²) < 4.78 is 0. The second-order valence-corrected chi connectivity index (χ2v) is 14.2. The van der Waals surface area contributed by atoms with Crippen LogP contribution in [-0.2, 0) is 11.2 Å². The number of hydrogen-bond donors (Lipinski definition) is 2. The molecule has 2 bridgehead atoms. The van der Waals surface area contributed by atoms with Crippen LogP contribution in [0.5, 0.6) is 0 Å². The van der Waals surface area contributed by atoms with Crippen molar-refractivity contribution in [2.75, 3.05) is 37.3 Å². The lowest BCUT2D eigenvalue weighted by atomic mass is 9.87. The van der Waals surface area contributed by atoms with E-state index in [0.717, 1.165) is 65.3 Å². The Hall–Kier alpha value is -6.03. The Morgan fingerprint density at radius 1 is 0.745 bits per heavy atom. The van der Waals surface area contributed by atoms with Crippen LogP contribution < -0.4 is 10.6 Å². The Morgan fingerprint density at radius 3 is 1.87 bits per heavy atom. The first-order valence-electron chi connectivity index (χ1n) is 19.2. The van der Waals surface area contributed by atoms with Crippen molar-refractivity contribution in [3.8, 4) is 22.5 Å². The molecule has 3 aromatic carbocycles. The highest BCUT2D eigenvalue weighted by Gasteiger charge is 2.51. The zero-order chi connectivity index (χ0) is 39.1. The number of nitrogens with zero attached hydrogens (tertiary/aromatic N) is 5. The van der Waals surface area contributed by atoms with Crippen molar-refractivity contribution < 1.29 is 17.2 Å². The first-order chi connectivity index (χ1) is 26.7. The number of aryl methyl sites for hydroxylation is 2. The van der Waals surface area contributed by atoms with Crippen molar-refractivity contribution in [2.24, 2.45) is 0 Å². The first kappa shape index (κ1) is 38.7. The van der Waals surface area contributed by atoms with Crippen LogP contribution in [0, 0.1) is 13.8 Å².